The first-order chi connectivity index (χ1) is 12.5. The third-order valence-electron chi connectivity index (χ3n) is 5.24. The van der Waals surface area contributed by atoms with Crippen LogP contribution in [0.4, 0.5) is 0 Å². The van der Waals surface area contributed by atoms with Crippen LogP contribution < -0.4 is 0 Å². The summed E-state index contributed by atoms with van der Waals surface area (Å²) in [6, 6.07) is 12.0. The molecule has 138 valence electrons. The average Bonchev–Trinajstić information content (AvgIpc) is 2.69. The van der Waals surface area contributed by atoms with Crippen molar-refractivity contribution >= 4 is 0 Å². The molecule has 2 unspecified atom stereocenters. The Morgan fingerprint density at radius 1 is 0.577 bits per heavy atom. The number of allylic oxidation sites excluding steroid dienone is 4. The van der Waals surface area contributed by atoms with Gasteiger partial charge < -0.3 is 0 Å². The van der Waals surface area contributed by atoms with Gasteiger partial charge in [0.2, 0.25) is 0 Å². The Kier molecular flexibility index (Phi) is 7.32. The fourth-order valence-electron chi connectivity index (χ4n) is 3.06. The third kappa shape index (κ3) is 5.14. The highest BCUT2D eigenvalue weighted by molar-refractivity contribution is 5.24. The summed E-state index contributed by atoms with van der Waals surface area (Å²) in [6.45, 7) is 8.89. The van der Waals surface area contributed by atoms with Gasteiger partial charge in [0.05, 0.1) is 0 Å². The van der Waals surface area contributed by atoms with Crippen molar-refractivity contribution in [2.75, 3.05) is 0 Å². The van der Waals surface area contributed by atoms with E-state index in [-0.39, 0.29) is 11.1 Å². The molecule has 1 aromatic carbocycles. The van der Waals surface area contributed by atoms with E-state index in [2.05, 4.69) is 76.3 Å². The van der Waals surface area contributed by atoms with Gasteiger partial charge in [-0.3, -0.25) is 0 Å². The molecule has 0 radical (unpaired) electrons. The molecule has 2 aliphatic rings. The first-order valence-electron chi connectivity index (χ1n) is 9.63. The minimum atomic E-state index is -0.175. The molecule has 26 heavy (non-hydrogen) atoms. The summed E-state index contributed by atoms with van der Waals surface area (Å²) >= 11 is 0. The predicted molar refractivity (Wildman–Crippen MR) is 112 cm³/mol. The van der Waals surface area contributed by atoms with Crippen LogP contribution in [0.5, 0.6) is 0 Å². The second kappa shape index (κ2) is 9.47. The molecule has 0 heterocycles. The lowest BCUT2D eigenvalue weighted by molar-refractivity contribution is 0.316. The summed E-state index contributed by atoms with van der Waals surface area (Å²) in [5.41, 5.74) is -0.350. The molecule has 0 N–H and O–H groups in total. The Labute approximate surface area is 159 Å². The van der Waals surface area contributed by atoms with Gasteiger partial charge in [0.15, 0.2) is 0 Å². The van der Waals surface area contributed by atoms with Gasteiger partial charge in [-0.15, -0.1) is 0 Å². The maximum Gasteiger partial charge on any atom is 0.106 e. The zero-order valence-electron chi connectivity index (χ0n) is 16.5. The summed E-state index contributed by atoms with van der Waals surface area (Å²) in [5.74, 6) is 0.888. The van der Waals surface area contributed by atoms with E-state index in [1.807, 2.05) is 36.4 Å². The topological polar surface area (TPSA) is 24.7 Å². The quantitative estimate of drug-likeness (QED) is 0.526. The van der Waals surface area contributed by atoms with E-state index >= 15 is 0 Å². The van der Waals surface area contributed by atoms with E-state index in [1.54, 1.807) is 0 Å². The van der Waals surface area contributed by atoms with E-state index in [9.17, 15) is 0 Å². The summed E-state index contributed by atoms with van der Waals surface area (Å²) in [5, 5.41) is 9.67. The zero-order valence-corrected chi connectivity index (χ0v) is 16.5. The van der Waals surface area contributed by atoms with Crippen LogP contribution in [0.1, 0.15) is 40.5 Å². The Hall–Kier alpha value is -2.22. The van der Waals surface area contributed by atoms with Crippen LogP contribution in [-0.4, -0.2) is 11.1 Å². The van der Waals surface area contributed by atoms with Crippen LogP contribution in [-0.2, 0) is 0 Å². The average molecular weight is 349 g/mol. The van der Waals surface area contributed by atoms with Crippen molar-refractivity contribution in [3.8, 4) is 0 Å². The molecule has 1 aromatic rings. The Bertz CT molecular complexity index is 609. The van der Waals surface area contributed by atoms with Gasteiger partial charge in [-0.25, -0.2) is 0 Å². The summed E-state index contributed by atoms with van der Waals surface area (Å²) < 4.78 is 0. The molecule has 2 atom stereocenters. The molecule has 0 aromatic heterocycles. The lowest BCUT2D eigenvalue weighted by Crippen LogP contribution is -2.35. The van der Waals surface area contributed by atoms with E-state index in [0.717, 1.165) is 12.8 Å². The van der Waals surface area contributed by atoms with E-state index in [0.29, 0.717) is 11.8 Å². The highest BCUT2D eigenvalue weighted by Gasteiger charge is 2.35. The fraction of sp³-hybridized carbons (Fsp3) is 0.417. The molecule has 0 fully saturated rings. The highest BCUT2D eigenvalue weighted by Crippen LogP contribution is 2.36. The van der Waals surface area contributed by atoms with Gasteiger partial charge in [-0.2, -0.15) is 10.2 Å². The van der Waals surface area contributed by atoms with Crippen LogP contribution in [0.2, 0.25) is 0 Å². The van der Waals surface area contributed by atoms with Crippen molar-refractivity contribution in [3.63, 3.8) is 0 Å². The van der Waals surface area contributed by atoms with Gasteiger partial charge >= 0.3 is 0 Å². The number of nitrogens with zero attached hydrogens (tertiary/aromatic N) is 2. The van der Waals surface area contributed by atoms with Gasteiger partial charge in [-0.1, -0.05) is 113 Å². The van der Waals surface area contributed by atoms with Gasteiger partial charge in [-0.05, 0) is 24.7 Å². The van der Waals surface area contributed by atoms with Gasteiger partial charge in [0.25, 0.3) is 0 Å². The molecule has 2 nitrogen and oxygen atoms in total. The van der Waals surface area contributed by atoms with Crippen molar-refractivity contribution in [2.45, 2.75) is 51.6 Å². The minimum Gasteiger partial charge on any atom is -0.182 e. The molecule has 0 saturated heterocycles. The van der Waals surface area contributed by atoms with E-state index in [1.165, 1.54) is 0 Å². The molecule has 0 saturated carbocycles. The Balaban J connectivity index is 0.000000342. The number of hydrogen-bond acceptors (Lipinski definition) is 2. The maximum atomic E-state index is 4.83. The van der Waals surface area contributed by atoms with E-state index in [4.69, 9.17) is 10.2 Å². The third-order valence-corrected chi connectivity index (χ3v) is 5.24. The number of rotatable bonds is 4. The van der Waals surface area contributed by atoms with Crippen LogP contribution >= 0.6 is 0 Å². The largest absolute Gasteiger partial charge is 0.182 e. The zero-order chi connectivity index (χ0) is 18.9. The van der Waals surface area contributed by atoms with Gasteiger partial charge in [0, 0.05) is 0 Å². The minimum absolute atomic E-state index is 0.175. The van der Waals surface area contributed by atoms with Crippen LogP contribution in [0.25, 0.3) is 0 Å². The molecule has 0 bridgehead atoms. The lowest BCUT2D eigenvalue weighted by Gasteiger charge is -2.34. The monoisotopic (exact) mass is 348 g/mol. The molecule has 0 amide bonds. The van der Waals surface area contributed by atoms with Crippen LogP contribution in [0.3, 0.4) is 0 Å². The predicted octanol–water partition coefficient (Wildman–Crippen LogP) is 6.95. The second-order valence-electron chi connectivity index (χ2n) is 7.63. The van der Waals surface area contributed by atoms with Crippen LogP contribution in [0.15, 0.2) is 95.2 Å². The molecule has 2 heteroatoms. The number of azo groups is 1. The summed E-state index contributed by atoms with van der Waals surface area (Å²) in [4.78, 5) is 0. The van der Waals surface area contributed by atoms with Crippen molar-refractivity contribution < 1.29 is 0 Å². The maximum absolute atomic E-state index is 4.83. The molecular formula is C24H32N2. The van der Waals surface area contributed by atoms with Crippen molar-refractivity contribution in [1.82, 2.24) is 0 Å². The van der Waals surface area contributed by atoms with Crippen LogP contribution in [0, 0.1) is 11.8 Å². The first-order valence-corrected chi connectivity index (χ1v) is 9.63. The standard InChI is InChI=1S/C18H26N2.C6H6/c1-15(2)17(11-7-5-8-12-17)19-20-18(16(3)4)13-9-6-10-14-18;1-2-4-6-5-3-1/h5-11,13,15-16H,12,14H2,1-4H3;1-6H. The SMILES string of the molecule is CC(C)C1(N=NC2(C(C)C)C=CC=CC2)C=CC=CC1.c1ccccc1. The highest BCUT2D eigenvalue weighted by atomic mass is 15.2. The summed E-state index contributed by atoms with van der Waals surface area (Å²) in [7, 11) is 0. The molecule has 3 rings (SSSR count). The second-order valence-corrected chi connectivity index (χ2v) is 7.63. The van der Waals surface area contributed by atoms with Crippen molar-refractivity contribution in [3.05, 3.63) is 85.0 Å². The normalized spacial score (nSPS) is 27.2. The van der Waals surface area contributed by atoms with Crippen molar-refractivity contribution in [2.24, 2.45) is 22.1 Å². The first kappa shape index (κ1) is 20.1. The van der Waals surface area contributed by atoms with Crippen molar-refractivity contribution in [1.29, 1.82) is 0 Å². The molecular weight excluding hydrogens is 316 g/mol. The molecule has 2 aliphatic carbocycles. The van der Waals surface area contributed by atoms with E-state index < -0.39 is 0 Å². The molecule has 0 aliphatic heterocycles. The Morgan fingerprint density at radius 3 is 1.15 bits per heavy atom. The number of hydrogen-bond donors (Lipinski definition) is 0. The van der Waals surface area contributed by atoms with Gasteiger partial charge in [0.1, 0.15) is 11.1 Å². The lowest BCUT2D eigenvalue weighted by atomic mass is 9.80. The Morgan fingerprint density at radius 2 is 0.923 bits per heavy atom. The fourth-order valence-corrected chi connectivity index (χ4v) is 3.06. The molecule has 0 spiro atoms. The summed E-state index contributed by atoms with van der Waals surface area (Å²) in [6.07, 6.45) is 19.1. The number of benzene rings is 1. The smallest absolute Gasteiger partial charge is 0.106 e.